The summed E-state index contributed by atoms with van der Waals surface area (Å²) < 4.78 is 5.91. The van der Waals surface area contributed by atoms with E-state index in [1.54, 1.807) is 4.90 Å². The minimum absolute atomic E-state index is 0.0628. The molecule has 0 unspecified atom stereocenters. The summed E-state index contributed by atoms with van der Waals surface area (Å²) in [5, 5.41) is 3.18. The number of aryl methyl sites for hydroxylation is 3. The highest BCUT2D eigenvalue weighted by Gasteiger charge is 2.31. The van der Waals surface area contributed by atoms with E-state index in [9.17, 15) is 9.59 Å². The van der Waals surface area contributed by atoms with E-state index in [0.717, 1.165) is 47.9 Å². The Balaban J connectivity index is 1.78. The van der Waals surface area contributed by atoms with E-state index < -0.39 is 6.04 Å². The molecule has 0 aromatic heterocycles. The van der Waals surface area contributed by atoms with E-state index in [0.29, 0.717) is 18.7 Å². The third-order valence-electron chi connectivity index (χ3n) is 6.22. The van der Waals surface area contributed by atoms with Crippen molar-refractivity contribution >= 4 is 11.8 Å². The molecule has 5 nitrogen and oxygen atoms in total. The van der Waals surface area contributed by atoms with Crippen LogP contribution in [0.1, 0.15) is 61.3 Å². The molecule has 3 rings (SSSR count). The minimum atomic E-state index is -0.522. The van der Waals surface area contributed by atoms with Gasteiger partial charge in [0, 0.05) is 12.6 Å². The van der Waals surface area contributed by atoms with Crippen molar-refractivity contribution in [2.24, 2.45) is 0 Å². The summed E-state index contributed by atoms with van der Waals surface area (Å²) in [4.78, 5) is 28.2. The highest BCUT2D eigenvalue weighted by molar-refractivity contribution is 5.88. The van der Waals surface area contributed by atoms with Crippen molar-refractivity contribution in [3.63, 3.8) is 0 Å². The molecular weight excluding hydrogens is 400 g/mol. The van der Waals surface area contributed by atoms with E-state index in [2.05, 4.69) is 11.4 Å². The Labute approximate surface area is 192 Å². The Kier molecular flexibility index (Phi) is 8.32. The molecule has 2 aromatic rings. The molecular formula is C27H36N2O3. The van der Waals surface area contributed by atoms with Crippen LogP contribution in [0.25, 0.3) is 0 Å². The SMILES string of the molecule is CC[C@@H](C(=O)NC1CCCC1)N(Cc1cccc(C)c1)C(=O)COc1cc(C)ccc1C. The number of hydrogen-bond acceptors (Lipinski definition) is 3. The number of hydrogen-bond donors (Lipinski definition) is 1. The van der Waals surface area contributed by atoms with Gasteiger partial charge in [-0.2, -0.15) is 0 Å². The normalized spacial score (nSPS) is 14.8. The van der Waals surface area contributed by atoms with Crippen LogP contribution in [0, 0.1) is 20.8 Å². The maximum Gasteiger partial charge on any atom is 0.261 e. The van der Waals surface area contributed by atoms with Crippen LogP contribution in [0.15, 0.2) is 42.5 Å². The molecule has 0 heterocycles. The number of carbonyl (C=O) groups excluding carboxylic acids is 2. The summed E-state index contributed by atoms with van der Waals surface area (Å²) in [6.45, 7) is 8.24. The molecule has 1 fully saturated rings. The van der Waals surface area contributed by atoms with Crippen molar-refractivity contribution < 1.29 is 14.3 Å². The zero-order valence-electron chi connectivity index (χ0n) is 19.8. The summed E-state index contributed by atoms with van der Waals surface area (Å²) in [5.41, 5.74) is 4.21. The molecule has 1 aliphatic carbocycles. The van der Waals surface area contributed by atoms with Gasteiger partial charge in [-0.1, -0.05) is 61.7 Å². The summed E-state index contributed by atoms with van der Waals surface area (Å²) in [6.07, 6.45) is 4.89. The van der Waals surface area contributed by atoms with Crippen LogP contribution in [-0.2, 0) is 16.1 Å². The Morgan fingerprint density at radius 1 is 1.06 bits per heavy atom. The lowest BCUT2D eigenvalue weighted by Crippen LogP contribution is -2.52. The summed E-state index contributed by atoms with van der Waals surface area (Å²) in [6, 6.07) is 13.7. The molecule has 0 radical (unpaired) electrons. The first-order valence-electron chi connectivity index (χ1n) is 11.7. The predicted octanol–water partition coefficient (Wildman–Crippen LogP) is 4.86. The molecule has 2 amide bonds. The van der Waals surface area contributed by atoms with Crippen molar-refractivity contribution in [1.29, 1.82) is 0 Å². The van der Waals surface area contributed by atoms with Crippen molar-refractivity contribution in [2.75, 3.05) is 6.61 Å². The fourth-order valence-electron chi connectivity index (χ4n) is 4.38. The number of amides is 2. The second-order valence-electron chi connectivity index (χ2n) is 8.98. The fraction of sp³-hybridized carbons (Fsp3) is 0.481. The van der Waals surface area contributed by atoms with Crippen LogP contribution < -0.4 is 10.1 Å². The maximum absolute atomic E-state index is 13.4. The van der Waals surface area contributed by atoms with Crippen molar-refractivity contribution in [2.45, 2.75) is 78.4 Å². The molecule has 32 heavy (non-hydrogen) atoms. The molecule has 1 N–H and O–H groups in total. The second-order valence-corrected chi connectivity index (χ2v) is 8.98. The van der Waals surface area contributed by atoms with Gasteiger partial charge in [-0.25, -0.2) is 0 Å². The molecule has 1 atom stereocenters. The van der Waals surface area contributed by atoms with Gasteiger partial charge in [0.05, 0.1) is 0 Å². The quantitative estimate of drug-likeness (QED) is 0.611. The topological polar surface area (TPSA) is 58.6 Å². The molecule has 5 heteroatoms. The highest BCUT2D eigenvalue weighted by Crippen LogP contribution is 2.21. The van der Waals surface area contributed by atoms with Gasteiger partial charge in [-0.05, 0) is 62.8 Å². The minimum Gasteiger partial charge on any atom is -0.483 e. The molecule has 172 valence electrons. The van der Waals surface area contributed by atoms with Crippen LogP contribution in [0.5, 0.6) is 5.75 Å². The lowest BCUT2D eigenvalue weighted by atomic mass is 10.1. The number of nitrogens with zero attached hydrogens (tertiary/aromatic N) is 1. The first-order valence-corrected chi connectivity index (χ1v) is 11.7. The number of ether oxygens (including phenoxy) is 1. The average molecular weight is 437 g/mol. The largest absolute Gasteiger partial charge is 0.483 e. The van der Waals surface area contributed by atoms with Gasteiger partial charge in [-0.15, -0.1) is 0 Å². The monoisotopic (exact) mass is 436 g/mol. The van der Waals surface area contributed by atoms with E-state index in [4.69, 9.17) is 4.74 Å². The Hall–Kier alpha value is -2.82. The van der Waals surface area contributed by atoms with Gasteiger partial charge in [-0.3, -0.25) is 9.59 Å². The predicted molar refractivity (Wildman–Crippen MR) is 128 cm³/mol. The van der Waals surface area contributed by atoms with Gasteiger partial charge in [0.15, 0.2) is 6.61 Å². The summed E-state index contributed by atoms with van der Waals surface area (Å²) in [7, 11) is 0. The highest BCUT2D eigenvalue weighted by atomic mass is 16.5. The van der Waals surface area contributed by atoms with Crippen molar-refractivity contribution in [3.8, 4) is 5.75 Å². The zero-order valence-corrected chi connectivity index (χ0v) is 19.8. The Morgan fingerprint density at radius 3 is 2.47 bits per heavy atom. The lowest BCUT2D eigenvalue weighted by Gasteiger charge is -2.31. The number of nitrogens with one attached hydrogen (secondary N) is 1. The molecule has 1 aliphatic rings. The molecule has 2 aromatic carbocycles. The third kappa shape index (κ3) is 6.35. The standard InChI is InChI=1S/C27H36N2O3/c1-5-24(27(31)28-23-11-6-7-12-23)29(17-22-10-8-9-19(2)15-22)26(30)18-32-25-16-20(3)13-14-21(25)4/h8-10,13-16,23-24H,5-7,11-12,17-18H2,1-4H3,(H,28,31)/t24-/m0/s1. The third-order valence-corrected chi connectivity index (χ3v) is 6.22. The van der Waals surface area contributed by atoms with Gasteiger partial charge >= 0.3 is 0 Å². The fourth-order valence-corrected chi connectivity index (χ4v) is 4.38. The molecule has 0 saturated heterocycles. The van der Waals surface area contributed by atoms with Crippen molar-refractivity contribution in [3.05, 3.63) is 64.7 Å². The zero-order chi connectivity index (χ0) is 23.1. The van der Waals surface area contributed by atoms with E-state index in [1.807, 2.05) is 64.1 Å². The van der Waals surface area contributed by atoms with E-state index in [-0.39, 0.29) is 24.5 Å². The van der Waals surface area contributed by atoms with Crippen LogP contribution in [0.3, 0.4) is 0 Å². The second kappa shape index (κ2) is 11.2. The number of rotatable bonds is 9. The molecule has 0 spiro atoms. The first kappa shape index (κ1) is 23.8. The number of carbonyl (C=O) groups is 2. The Bertz CT molecular complexity index is 934. The van der Waals surface area contributed by atoms with Gasteiger partial charge in [0.25, 0.3) is 5.91 Å². The smallest absolute Gasteiger partial charge is 0.261 e. The Morgan fingerprint density at radius 2 is 1.78 bits per heavy atom. The van der Waals surface area contributed by atoms with Gasteiger partial charge in [0.2, 0.25) is 5.91 Å². The maximum atomic E-state index is 13.4. The van der Waals surface area contributed by atoms with Crippen LogP contribution >= 0.6 is 0 Å². The number of benzene rings is 2. The van der Waals surface area contributed by atoms with Crippen LogP contribution in [-0.4, -0.2) is 35.4 Å². The lowest BCUT2D eigenvalue weighted by molar-refractivity contribution is -0.143. The van der Waals surface area contributed by atoms with Crippen molar-refractivity contribution in [1.82, 2.24) is 10.2 Å². The molecule has 0 bridgehead atoms. The van der Waals surface area contributed by atoms with Crippen LogP contribution in [0.2, 0.25) is 0 Å². The molecule has 1 saturated carbocycles. The average Bonchev–Trinajstić information content (AvgIpc) is 3.27. The van der Waals surface area contributed by atoms with Gasteiger partial charge < -0.3 is 15.0 Å². The van der Waals surface area contributed by atoms with Crippen LogP contribution in [0.4, 0.5) is 0 Å². The van der Waals surface area contributed by atoms with Gasteiger partial charge in [0.1, 0.15) is 11.8 Å². The van der Waals surface area contributed by atoms with E-state index in [1.165, 1.54) is 0 Å². The van der Waals surface area contributed by atoms with E-state index >= 15 is 0 Å². The summed E-state index contributed by atoms with van der Waals surface area (Å²) >= 11 is 0. The summed E-state index contributed by atoms with van der Waals surface area (Å²) in [5.74, 6) is 0.463. The first-order chi connectivity index (χ1) is 15.4. The molecule has 0 aliphatic heterocycles.